The summed E-state index contributed by atoms with van der Waals surface area (Å²) in [5, 5.41) is 3.13. The molecule has 1 amide bonds. The fraction of sp³-hybridized carbons (Fsp3) is 0.211. The average molecular weight is 337 g/mol. The van der Waals surface area contributed by atoms with Gasteiger partial charge < -0.3 is 4.90 Å². The van der Waals surface area contributed by atoms with E-state index in [1.165, 1.54) is 0 Å². The molecule has 3 aromatic rings. The lowest BCUT2D eigenvalue weighted by Gasteiger charge is -2.21. The SMILES string of the molecule is CCN(Cc1ccccc1)C(=O)Cn1[nH]c(=O)c2ccccc2c1=O. The summed E-state index contributed by atoms with van der Waals surface area (Å²) < 4.78 is 1.08. The number of aromatic nitrogens is 2. The first-order valence-electron chi connectivity index (χ1n) is 8.13. The Labute approximate surface area is 144 Å². The number of fused-ring (bicyclic) bond motifs is 1. The molecule has 0 atom stereocenters. The van der Waals surface area contributed by atoms with E-state index in [1.54, 1.807) is 29.2 Å². The Bertz CT molecular complexity index is 1010. The van der Waals surface area contributed by atoms with Crippen molar-refractivity contribution in [1.29, 1.82) is 0 Å². The quantitative estimate of drug-likeness (QED) is 0.770. The summed E-state index contributed by atoms with van der Waals surface area (Å²) in [5.74, 6) is -0.223. The second kappa shape index (κ2) is 7.17. The molecule has 1 aromatic heterocycles. The van der Waals surface area contributed by atoms with Crippen LogP contribution < -0.4 is 11.1 Å². The van der Waals surface area contributed by atoms with Gasteiger partial charge in [-0.1, -0.05) is 42.5 Å². The highest BCUT2D eigenvalue weighted by Crippen LogP contribution is 2.06. The van der Waals surface area contributed by atoms with Crippen molar-refractivity contribution in [3.05, 3.63) is 80.9 Å². The molecule has 6 heteroatoms. The molecule has 0 saturated carbocycles. The molecule has 6 nitrogen and oxygen atoms in total. The number of H-pyrrole nitrogens is 1. The van der Waals surface area contributed by atoms with Crippen molar-refractivity contribution < 1.29 is 4.79 Å². The number of likely N-dealkylation sites (N-methyl/N-ethyl adjacent to an activating group) is 1. The number of carbonyl (C=O) groups excluding carboxylic acids is 1. The molecule has 1 heterocycles. The van der Waals surface area contributed by atoms with Crippen LogP contribution in [0.15, 0.2) is 64.2 Å². The zero-order valence-corrected chi connectivity index (χ0v) is 13.9. The Morgan fingerprint density at radius 2 is 1.64 bits per heavy atom. The van der Waals surface area contributed by atoms with Crippen LogP contribution in [0.25, 0.3) is 10.8 Å². The Balaban J connectivity index is 1.87. The molecule has 0 bridgehead atoms. The minimum absolute atomic E-state index is 0.195. The van der Waals surface area contributed by atoms with E-state index in [4.69, 9.17) is 0 Å². The Morgan fingerprint density at radius 1 is 1.00 bits per heavy atom. The number of carbonyl (C=O) groups is 1. The molecule has 3 rings (SSSR count). The molecular formula is C19H19N3O3. The standard InChI is InChI=1S/C19H19N3O3/c1-2-21(12-14-8-4-3-5-9-14)17(23)13-22-19(25)16-11-7-6-10-15(16)18(24)20-22/h3-11H,2,12-13H2,1H3,(H,20,24). The normalized spacial score (nSPS) is 10.8. The van der Waals surface area contributed by atoms with Crippen LogP contribution in [0.2, 0.25) is 0 Å². The average Bonchev–Trinajstić information content (AvgIpc) is 2.64. The third-order valence-electron chi connectivity index (χ3n) is 4.13. The fourth-order valence-corrected chi connectivity index (χ4v) is 2.77. The first kappa shape index (κ1) is 16.7. The van der Waals surface area contributed by atoms with Gasteiger partial charge in [-0.2, -0.15) is 0 Å². The van der Waals surface area contributed by atoms with E-state index >= 15 is 0 Å². The van der Waals surface area contributed by atoms with E-state index < -0.39 is 0 Å². The lowest BCUT2D eigenvalue weighted by atomic mass is 10.2. The van der Waals surface area contributed by atoms with E-state index in [0.29, 0.717) is 23.9 Å². The van der Waals surface area contributed by atoms with Crippen LogP contribution in [0.1, 0.15) is 12.5 Å². The zero-order valence-electron chi connectivity index (χ0n) is 13.9. The summed E-state index contributed by atoms with van der Waals surface area (Å²) in [4.78, 5) is 38.9. The molecule has 0 spiro atoms. The van der Waals surface area contributed by atoms with Crippen LogP contribution in [0.3, 0.4) is 0 Å². The predicted octanol–water partition coefficient (Wildman–Crippen LogP) is 1.74. The molecular weight excluding hydrogens is 318 g/mol. The molecule has 1 N–H and O–H groups in total. The third-order valence-corrected chi connectivity index (χ3v) is 4.13. The highest BCUT2D eigenvalue weighted by molar-refractivity contribution is 5.81. The number of aromatic amines is 1. The smallest absolute Gasteiger partial charge is 0.273 e. The molecule has 2 aromatic carbocycles. The van der Waals surface area contributed by atoms with Crippen molar-refractivity contribution in [2.45, 2.75) is 20.0 Å². The van der Waals surface area contributed by atoms with Gasteiger partial charge in [0.1, 0.15) is 6.54 Å². The monoisotopic (exact) mass is 337 g/mol. The molecule has 0 aliphatic carbocycles. The van der Waals surface area contributed by atoms with Crippen molar-refractivity contribution in [2.24, 2.45) is 0 Å². The van der Waals surface area contributed by atoms with Crippen LogP contribution in [-0.4, -0.2) is 27.1 Å². The number of hydrogen-bond acceptors (Lipinski definition) is 3. The number of nitrogens with zero attached hydrogens (tertiary/aromatic N) is 2. The van der Waals surface area contributed by atoms with E-state index in [9.17, 15) is 14.4 Å². The topological polar surface area (TPSA) is 75.2 Å². The Kier molecular flexibility index (Phi) is 4.79. The van der Waals surface area contributed by atoms with Gasteiger partial charge in [-0.25, -0.2) is 4.68 Å². The zero-order chi connectivity index (χ0) is 17.8. The lowest BCUT2D eigenvalue weighted by Crippen LogP contribution is -2.38. The molecule has 0 fully saturated rings. The largest absolute Gasteiger partial charge is 0.337 e. The summed E-state index contributed by atoms with van der Waals surface area (Å²) in [5.41, 5.74) is 0.255. The lowest BCUT2D eigenvalue weighted by molar-refractivity contribution is -0.132. The first-order chi connectivity index (χ1) is 12.1. The van der Waals surface area contributed by atoms with Crippen LogP contribution in [0, 0.1) is 0 Å². The molecule has 128 valence electrons. The minimum atomic E-state index is -0.380. The summed E-state index contributed by atoms with van der Waals surface area (Å²) >= 11 is 0. The minimum Gasteiger partial charge on any atom is -0.337 e. The van der Waals surface area contributed by atoms with Crippen molar-refractivity contribution >= 4 is 16.7 Å². The fourth-order valence-electron chi connectivity index (χ4n) is 2.77. The van der Waals surface area contributed by atoms with E-state index in [-0.39, 0.29) is 23.6 Å². The third kappa shape index (κ3) is 3.52. The predicted molar refractivity (Wildman–Crippen MR) is 96.4 cm³/mol. The maximum atomic E-state index is 12.6. The summed E-state index contributed by atoms with van der Waals surface area (Å²) in [6.45, 7) is 2.66. The number of benzene rings is 2. The number of rotatable bonds is 5. The number of amides is 1. The second-order valence-electron chi connectivity index (χ2n) is 5.77. The molecule has 0 radical (unpaired) electrons. The summed E-state index contributed by atoms with van der Waals surface area (Å²) in [7, 11) is 0. The van der Waals surface area contributed by atoms with Gasteiger partial charge in [-0.15, -0.1) is 0 Å². The maximum Gasteiger partial charge on any atom is 0.273 e. The van der Waals surface area contributed by atoms with E-state index in [1.807, 2.05) is 37.3 Å². The summed E-state index contributed by atoms with van der Waals surface area (Å²) in [6.07, 6.45) is 0. The molecule has 25 heavy (non-hydrogen) atoms. The van der Waals surface area contributed by atoms with Crippen molar-refractivity contribution in [1.82, 2.24) is 14.7 Å². The van der Waals surface area contributed by atoms with Crippen LogP contribution >= 0.6 is 0 Å². The highest BCUT2D eigenvalue weighted by atomic mass is 16.2. The van der Waals surface area contributed by atoms with Crippen LogP contribution in [-0.2, 0) is 17.9 Å². The highest BCUT2D eigenvalue weighted by Gasteiger charge is 2.15. The number of hydrogen-bond donors (Lipinski definition) is 1. The van der Waals surface area contributed by atoms with Gasteiger partial charge in [0.2, 0.25) is 5.91 Å². The Hall–Kier alpha value is -3.15. The molecule has 0 saturated heterocycles. The van der Waals surface area contributed by atoms with Gasteiger partial charge in [0.25, 0.3) is 11.1 Å². The van der Waals surface area contributed by atoms with E-state index in [2.05, 4.69) is 5.10 Å². The van der Waals surface area contributed by atoms with Gasteiger partial charge >= 0.3 is 0 Å². The van der Waals surface area contributed by atoms with Crippen LogP contribution in [0.4, 0.5) is 0 Å². The second-order valence-corrected chi connectivity index (χ2v) is 5.77. The molecule has 0 aliphatic heterocycles. The summed E-state index contributed by atoms with van der Waals surface area (Å²) in [6, 6.07) is 16.2. The van der Waals surface area contributed by atoms with Crippen LogP contribution in [0.5, 0.6) is 0 Å². The van der Waals surface area contributed by atoms with Gasteiger partial charge in [0.15, 0.2) is 0 Å². The van der Waals surface area contributed by atoms with Crippen molar-refractivity contribution in [3.63, 3.8) is 0 Å². The molecule has 0 unspecified atom stereocenters. The van der Waals surface area contributed by atoms with E-state index in [0.717, 1.165) is 10.2 Å². The van der Waals surface area contributed by atoms with Gasteiger partial charge in [0.05, 0.1) is 10.8 Å². The Morgan fingerprint density at radius 3 is 2.32 bits per heavy atom. The number of nitrogens with one attached hydrogen (secondary N) is 1. The van der Waals surface area contributed by atoms with Gasteiger partial charge in [0, 0.05) is 13.1 Å². The first-order valence-corrected chi connectivity index (χ1v) is 8.13. The van der Waals surface area contributed by atoms with Gasteiger partial charge in [-0.05, 0) is 24.6 Å². The maximum absolute atomic E-state index is 12.6. The van der Waals surface area contributed by atoms with Gasteiger partial charge in [-0.3, -0.25) is 19.5 Å². The van der Waals surface area contributed by atoms with Crippen molar-refractivity contribution in [3.8, 4) is 0 Å². The van der Waals surface area contributed by atoms with Crippen molar-refractivity contribution in [2.75, 3.05) is 6.54 Å². The molecule has 0 aliphatic rings.